The molecule has 156 valence electrons. The van der Waals surface area contributed by atoms with Gasteiger partial charge >= 0.3 is 0 Å². The van der Waals surface area contributed by atoms with Gasteiger partial charge in [-0.3, -0.25) is 4.79 Å². The van der Waals surface area contributed by atoms with E-state index in [1.165, 1.54) is 5.56 Å². The van der Waals surface area contributed by atoms with Crippen LogP contribution in [0.15, 0.2) is 54.6 Å². The molecule has 0 bridgehead atoms. The molecule has 1 fully saturated rings. The molecule has 0 unspecified atom stereocenters. The zero-order valence-electron chi connectivity index (χ0n) is 18.0. The summed E-state index contributed by atoms with van der Waals surface area (Å²) < 4.78 is 11.6. The maximum absolute atomic E-state index is 12.9. The molecule has 2 aromatic rings. The molecule has 1 aliphatic heterocycles. The van der Waals surface area contributed by atoms with Crippen molar-refractivity contribution in [2.75, 3.05) is 6.61 Å². The average molecular weight is 396 g/mol. The largest absolute Gasteiger partial charge is 0.491 e. The highest BCUT2D eigenvalue weighted by molar-refractivity contribution is 5.77. The van der Waals surface area contributed by atoms with E-state index in [2.05, 4.69) is 43.4 Å². The lowest BCUT2D eigenvalue weighted by atomic mass is 9.67. The van der Waals surface area contributed by atoms with Crippen LogP contribution in [0.1, 0.15) is 58.1 Å². The van der Waals surface area contributed by atoms with E-state index in [1.807, 2.05) is 44.2 Å². The Labute approximate surface area is 174 Å². The number of carbonyl (C=O) groups is 1. The van der Waals surface area contributed by atoms with Gasteiger partial charge in [-0.2, -0.15) is 0 Å². The summed E-state index contributed by atoms with van der Waals surface area (Å²) in [5.74, 6) is 0.927. The molecule has 0 saturated carbocycles. The highest BCUT2D eigenvalue weighted by Gasteiger charge is 2.43. The van der Waals surface area contributed by atoms with E-state index in [9.17, 15) is 4.79 Å². The topological polar surface area (TPSA) is 47.6 Å². The third-order valence-electron chi connectivity index (χ3n) is 5.51. The van der Waals surface area contributed by atoms with Gasteiger partial charge in [0.15, 0.2) is 0 Å². The first-order chi connectivity index (χ1) is 13.8. The van der Waals surface area contributed by atoms with E-state index in [0.717, 1.165) is 24.2 Å². The van der Waals surface area contributed by atoms with Crippen molar-refractivity contribution in [3.05, 3.63) is 65.7 Å². The number of amides is 1. The van der Waals surface area contributed by atoms with Gasteiger partial charge in [0, 0.05) is 25.0 Å². The fourth-order valence-corrected chi connectivity index (χ4v) is 4.30. The lowest BCUT2D eigenvalue weighted by Crippen LogP contribution is -2.46. The quantitative estimate of drug-likeness (QED) is 0.717. The number of rotatable bonds is 7. The second-order valence-corrected chi connectivity index (χ2v) is 8.95. The van der Waals surface area contributed by atoms with Crippen LogP contribution in [0.4, 0.5) is 0 Å². The summed E-state index contributed by atoms with van der Waals surface area (Å²) >= 11 is 0. The Morgan fingerprint density at radius 3 is 2.41 bits per heavy atom. The molecule has 3 rings (SSSR count). The Morgan fingerprint density at radius 1 is 1.10 bits per heavy atom. The molecule has 1 aliphatic rings. The molecule has 1 heterocycles. The van der Waals surface area contributed by atoms with Crippen molar-refractivity contribution in [1.82, 2.24) is 5.32 Å². The molecule has 1 saturated heterocycles. The van der Waals surface area contributed by atoms with Gasteiger partial charge in [-0.25, -0.2) is 0 Å². The Hall–Kier alpha value is -2.33. The van der Waals surface area contributed by atoms with Crippen LogP contribution in [0, 0.1) is 0 Å². The molecule has 1 atom stereocenters. The van der Waals surface area contributed by atoms with Gasteiger partial charge in [-0.15, -0.1) is 0 Å². The number of hydrogen-bond acceptors (Lipinski definition) is 3. The third-order valence-corrected chi connectivity index (χ3v) is 5.51. The third kappa shape index (κ3) is 5.83. The predicted octanol–water partition coefficient (Wildman–Crippen LogP) is 5.01. The molecule has 0 aliphatic carbocycles. The molecule has 1 N–H and O–H groups in total. The summed E-state index contributed by atoms with van der Waals surface area (Å²) in [5, 5.41) is 3.11. The van der Waals surface area contributed by atoms with Crippen LogP contribution in [-0.4, -0.2) is 24.2 Å². The molecule has 1 amide bonds. The van der Waals surface area contributed by atoms with Crippen LogP contribution in [0.5, 0.6) is 5.75 Å². The Balaban J connectivity index is 1.66. The number of hydrogen-bond donors (Lipinski definition) is 1. The lowest BCUT2D eigenvalue weighted by molar-refractivity contribution is -0.126. The van der Waals surface area contributed by atoms with Gasteiger partial charge in [-0.05, 0) is 63.8 Å². The van der Waals surface area contributed by atoms with Crippen LogP contribution >= 0.6 is 0 Å². The smallest absolute Gasteiger partial charge is 0.221 e. The SMILES string of the molecule is CC(C)Oc1ccc(CNC(=O)C[C@]2(c3ccccc3)CCOC(C)(C)C2)cc1. The molecule has 2 aromatic carbocycles. The number of ether oxygens (including phenoxy) is 2. The van der Waals surface area contributed by atoms with Crippen molar-refractivity contribution >= 4 is 5.91 Å². The molecular weight excluding hydrogens is 362 g/mol. The fourth-order valence-electron chi connectivity index (χ4n) is 4.30. The van der Waals surface area contributed by atoms with Crippen molar-refractivity contribution in [3.8, 4) is 5.75 Å². The number of nitrogens with one attached hydrogen (secondary N) is 1. The first kappa shape index (κ1) is 21.4. The molecule has 0 spiro atoms. The highest BCUT2D eigenvalue weighted by atomic mass is 16.5. The summed E-state index contributed by atoms with van der Waals surface area (Å²) in [6.07, 6.45) is 2.31. The average Bonchev–Trinajstić information content (AvgIpc) is 2.67. The maximum atomic E-state index is 12.9. The normalized spacial score (nSPS) is 21.0. The minimum absolute atomic E-state index is 0.0778. The highest BCUT2D eigenvalue weighted by Crippen LogP contribution is 2.43. The molecule has 0 aromatic heterocycles. The zero-order chi connectivity index (χ0) is 20.9. The summed E-state index contributed by atoms with van der Waals surface area (Å²) in [6, 6.07) is 18.3. The number of carbonyl (C=O) groups excluding carboxylic acids is 1. The minimum Gasteiger partial charge on any atom is -0.491 e. The van der Waals surface area contributed by atoms with Crippen LogP contribution in [0.2, 0.25) is 0 Å². The van der Waals surface area contributed by atoms with E-state index < -0.39 is 0 Å². The van der Waals surface area contributed by atoms with Gasteiger partial charge in [0.2, 0.25) is 5.91 Å². The zero-order valence-corrected chi connectivity index (χ0v) is 18.0. The second kappa shape index (κ2) is 9.00. The number of benzene rings is 2. The Morgan fingerprint density at radius 2 is 1.79 bits per heavy atom. The van der Waals surface area contributed by atoms with E-state index in [4.69, 9.17) is 9.47 Å². The van der Waals surface area contributed by atoms with Gasteiger partial charge < -0.3 is 14.8 Å². The van der Waals surface area contributed by atoms with Crippen LogP contribution in [-0.2, 0) is 21.5 Å². The Kier molecular flexibility index (Phi) is 6.63. The molecule has 4 nitrogen and oxygen atoms in total. The summed E-state index contributed by atoms with van der Waals surface area (Å²) in [7, 11) is 0. The molecule has 0 radical (unpaired) electrons. The lowest BCUT2D eigenvalue weighted by Gasteiger charge is -2.45. The summed E-state index contributed by atoms with van der Waals surface area (Å²) in [4.78, 5) is 12.9. The van der Waals surface area contributed by atoms with Crippen molar-refractivity contribution < 1.29 is 14.3 Å². The van der Waals surface area contributed by atoms with Gasteiger partial charge in [0.05, 0.1) is 11.7 Å². The van der Waals surface area contributed by atoms with E-state index in [1.54, 1.807) is 0 Å². The molecule has 29 heavy (non-hydrogen) atoms. The monoisotopic (exact) mass is 395 g/mol. The molecule has 4 heteroatoms. The maximum Gasteiger partial charge on any atom is 0.221 e. The van der Waals surface area contributed by atoms with E-state index in [0.29, 0.717) is 19.6 Å². The van der Waals surface area contributed by atoms with Crippen molar-refractivity contribution in [3.63, 3.8) is 0 Å². The molecular formula is C25H33NO3. The predicted molar refractivity (Wildman–Crippen MR) is 116 cm³/mol. The van der Waals surface area contributed by atoms with E-state index >= 15 is 0 Å². The van der Waals surface area contributed by atoms with Gasteiger partial charge in [0.1, 0.15) is 5.75 Å². The Bertz CT molecular complexity index is 799. The van der Waals surface area contributed by atoms with Gasteiger partial charge in [0.25, 0.3) is 0 Å². The van der Waals surface area contributed by atoms with E-state index in [-0.39, 0.29) is 23.0 Å². The summed E-state index contributed by atoms with van der Waals surface area (Å²) in [6.45, 7) is 9.44. The standard InChI is InChI=1S/C25H33NO3/c1-19(2)29-22-12-10-20(11-13-22)17-26-23(27)16-25(21-8-6-5-7-9-21)14-15-28-24(3,4)18-25/h5-13,19H,14-18H2,1-4H3,(H,26,27)/t25-/m1/s1. The fraction of sp³-hybridized carbons (Fsp3) is 0.480. The van der Waals surface area contributed by atoms with Crippen LogP contribution in [0.25, 0.3) is 0 Å². The summed E-state index contributed by atoms with van der Waals surface area (Å²) in [5.41, 5.74) is 1.86. The first-order valence-corrected chi connectivity index (χ1v) is 10.5. The van der Waals surface area contributed by atoms with Crippen molar-refractivity contribution in [2.24, 2.45) is 0 Å². The van der Waals surface area contributed by atoms with Crippen LogP contribution < -0.4 is 10.1 Å². The first-order valence-electron chi connectivity index (χ1n) is 10.5. The minimum atomic E-state index is -0.235. The van der Waals surface area contributed by atoms with Crippen molar-refractivity contribution in [2.45, 2.75) is 70.6 Å². The van der Waals surface area contributed by atoms with Gasteiger partial charge in [-0.1, -0.05) is 42.5 Å². The van der Waals surface area contributed by atoms with Crippen molar-refractivity contribution in [1.29, 1.82) is 0 Å². The second-order valence-electron chi connectivity index (χ2n) is 8.95. The van der Waals surface area contributed by atoms with Crippen LogP contribution in [0.3, 0.4) is 0 Å².